The van der Waals surface area contributed by atoms with Crippen LogP contribution in [0.4, 0.5) is 28.4 Å². The monoisotopic (exact) mass is 351 g/mol. The minimum absolute atomic E-state index is 0.0975. The molecule has 0 aromatic heterocycles. The van der Waals surface area contributed by atoms with Gasteiger partial charge in [0.1, 0.15) is 5.69 Å². The number of halogens is 2. The van der Waals surface area contributed by atoms with Gasteiger partial charge in [0.15, 0.2) is 0 Å². The fourth-order valence-corrected chi connectivity index (χ4v) is 2.48. The van der Waals surface area contributed by atoms with Gasteiger partial charge in [-0.1, -0.05) is 23.2 Å². The Morgan fingerprint density at radius 1 is 1.22 bits per heavy atom. The van der Waals surface area contributed by atoms with E-state index in [1.54, 1.807) is 6.92 Å². The summed E-state index contributed by atoms with van der Waals surface area (Å²) in [6.07, 6.45) is 0. The Balaban J connectivity index is 2.64. The number of nitro groups is 1. The van der Waals surface area contributed by atoms with Crippen LogP contribution in [-0.4, -0.2) is 4.92 Å². The van der Waals surface area contributed by atoms with Gasteiger partial charge in [-0.25, -0.2) is 0 Å². The fourth-order valence-electron chi connectivity index (χ4n) is 2.05. The highest BCUT2D eigenvalue weighted by atomic mass is 35.5. The van der Waals surface area contributed by atoms with E-state index in [0.29, 0.717) is 5.56 Å². The maximum atomic E-state index is 11.3. The van der Waals surface area contributed by atoms with Gasteiger partial charge >= 0.3 is 0 Å². The van der Waals surface area contributed by atoms with Crippen molar-refractivity contribution < 1.29 is 4.92 Å². The summed E-state index contributed by atoms with van der Waals surface area (Å²) in [5.41, 5.74) is 12.6. The zero-order chi connectivity index (χ0) is 17.3. The molecular formula is C14H11Cl2N5O2. The SMILES string of the molecule is Cc1c(Cl)c(N)cc([N+](=O)[O-])c1Nc1c(N)cc(C#N)cc1Cl. The Kier molecular flexibility index (Phi) is 4.50. The molecule has 5 N–H and O–H groups in total. The summed E-state index contributed by atoms with van der Waals surface area (Å²) in [5, 5.41) is 23.3. The second-order valence-corrected chi connectivity index (χ2v) is 5.50. The molecule has 2 aromatic rings. The summed E-state index contributed by atoms with van der Waals surface area (Å²) in [6.45, 7) is 1.59. The standard InChI is InChI=1S/C14H11Cl2N5O2/c1-6-12(16)9(18)4-11(21(22)23)13(6)20-14-8(15)2-7(5-17)3-10(14)19/h2-4,20H,18-19H2,1H3. The Morgan fingerprint density at radius 2 is 1.87 bits per heavy atom. The molecule has 0 aliphatic rings. The Hall–Kier alpha value is -2.69. The minimum atomic E-state index is -0.588. The van der Waals surface area contributed by atoms with E-state index in [1.165, 1.54) is 12.1 Å². The molecule has 0 fully saturated rings. The third-order valence-corrected chi connectivity index (χ3v) is 4.00. The van der Waals surface area contributed by atoms with E-state index in [4.69, 9.17) is 39.9 Å². The number of nitrogen functional groups attached to an aromatic ring is 2. The summed E-state index contributed by atoms with van der Waals surface area (Å²) in [4.78, 5) is 10.7. The van der Waals surface area contributed by atoms with Crippen LogP contribution in [0, 0.1) is 28.4 Å². The predicted octanol–water partition coefficient (Wildman–Crippen LogP) is 3.99. The summed E-state index contributed by atoms with van der Waals surface area (Å²) in [6, 6.07) is 5.89. The van der Waals surface area contributed by atoms with Crippen molar-refractivity contribution in [1.29, 1.82) is 5.26 Å². The van der Waals surface area contributed by atoms with Crippen LogP contribution in [0.3, 0.4) is 0 Å². The van der Waals surface area contributed by atoms with Gasteiger partial charge in [0.2, 0.25) is 0 Å². The lowest BCUT2D eigenvalue weighted by atomic mass is 10.1. The number of nitrogens with one attached hydrogen (secondary N) is 1. The molecule has 7 nitrogen and oxygen atoms in total. The van der Waals surface area contributed by atoms with Crippen molar-refractivity contribution in [1.82, 2.24) is 0 Å². The highest BCUT2D eigenvalue weighted by Gasteiger charge is 2.22. The van der Waals surface area contributed by atoms with Crippen molar-refractivity contribution in [2.45, 2.75) is 6.92 Å². The molecule has 0 spiro atoms. The quantitative estimate of drug-likeness (QED) is 0.435. The zero-order valence-corrected chi connectivity index (χ0v) is 13.4. The lowest BCUT2D eigenvalue weighted by Gasteiger charge is -2.15. The fraction of sp³-hybridized carbons (Fsp3) is 0.0714. The van der Waals surface area contributed by atoms with Crippen LogP contribution in [-0.2, 0) is 0 Å². The first-order valence-corrected chi connectivity index (χ1v) is 7.01. The van der Waals surface area contributed by atoms with E-state index in [0.717, 1.165) is 6.07 Å². The first-order chi connectivity index (χ1) is 10.8. The summed E-state index contributed by atoms with van der Waals surface area (Å²) in [5.74, 6) is 0. The van der Waals surface area contributed by atoms with Gasteiger partial charge in [0.25, 0.3) is 5.69 Å². The van der Waals surface area contributed by atoms with Gasteiger partial charge < -0.3 is 16.8 Å². The van der Waals surface area contributed by atoms with Gasteiger partial charge in [-0.15, -0.1) is 0 Å². The number of benzene rings is 2. The molecule has 0 saturated heterocycles. The van der Waals surface area contributed by atoms with E-state index < -0.39 is 4.92 Å². The summed E-state index contributed by atoms with van der Waals surface area (Å²) >= 11 is 12.2. The summed E-state index contributed by atoms with van der Waals surface area (Å²) < 4.78 is 0. The number of nitrogens with two attached hydrogens (primary N) is 2. The van der Waals surface area contributed by atoms with E-state index in [1.807, 2.05) is 6.07 Å². The number of anilines is 4. The van der Waals surface area contributed by atoms with Crippen LogP contribution >= 0.6 is 23.2 Å². The predicted molar refractivity (Wildman–Crippen MR) is 91.1 cm³/mol. The first kappa shape index (κ1) is 16.7. The molecule has 23 heavy (non-hydrogen) atoms. The summed E-state index contributed by atoms with van der Waals surface area (Å²) in [7, 11) is 0. The van der Waals surface area contributed by atoms with Crippen molar-refractivity contribution in [3.05, 3.63) is 49.5 Å². The van der Waals surface area contributed by atoms with E-state index in [9.17, 15) is 10.1 Å². The molecule has 2 aromatic carbocycles. The maximum absolute atomic E-state index is 11.3. The Labute approximate surface area is 141 Å². The molecule has 0 unspecified atom stereocenters. The third kappa shape index (κ3) is 3.08. The van der Waals surface area contributed by atoms with E-state index in [-0.39, 0.29) is 44.0 Å². The molecule has 118 valence electrons. The van der Waals surface area contributed by atoms with Crippen LogP contribution < -0.4 is 16.8 Å². The number of hydrogen-bond acceptors (Lipinski definition) is 6. The van der Waals surface area contributed by atoms with E-state index >= 15 is 0 Å². The minimum Gasteiger partial charge on any atom is -0.397 e. The Morgan fingerprint density at radius 3 is 2.39 bits per heavy atom. The van der Waals surface area contributed by atoms with Crippen molar-refractivity contribution in [3.63, 3.8) is 0 Å². The van der Waals surface area contributed by atoms with Gasteiger partial charge in [0.05, 0.1) is 43.7 Å². The van der Waals surface area contributed by atoms with Crippen LogP contribution in [0.15, 0.2) is 18.2 Å². The second-order valence-electron chi connectivity index (χ2n) is 4.72. The maximum Gasteiger partial charge on any atom is 0.295 e. The average Bonchev–Trinajstić information content (AvgIpc) is 2.49. The number of nitrogens with zero attached hydrogens (tertiary/aromatic N) is 2. The zero-order valence-electron chi connectivity index (χ0n) is 11.9. The van der Waals surface area contributed by atoms with Crippen LogP contribution in [0.1, 0.15) is 11.1 Å². The van der Waals surface area contributed by atoms with Gasteiger partial charge in [-0.2, -0.15) is 5.26 Å². The lowest BCUT2D eigenvalue weighted by molar-refractivity contribution is -0.383. The van der Waals surface area contributed by atoms with Crippen LogP contribution in [0.5, 0.6) is 0 Å². The first-order valence-electron chi connectivity index (χ1n) is 6.25. The normalized spacial score (nSPS) is 10.2. The molecule has 0 bridgehead atoms. The molecule has 0 aliphatic carbocycles. The number of rotatable bonds is 3. The highest BCUT2D eigenvalue weighted by molar-refractivity contribution is 6.35. The Bertz CT molecular complexity index is 838. The van der Waals surface area contributed by atoms with Crippen molar-refractivity contribution >= 4 is 51.6 Å². The number of nitriles is 1. The van der Waals surface area contributed by atoms with Crippen molar-refractivity contribution in [3.8, 4) is 6.07 Å². The topological polar surface area (TPSA) is 131 Å². The van der Waals surface area contributed by atoms with Gasteiger partial charge in [-0.05, 0) is 19.1 Å². The lowest BCUT2D eigenvalue weighted by Crippen LogP contribution is -2.04. The molecule has 0 aliphatic heterocycles. The molecular weight excluding hydrogens is 341 g/mol. The number of nitro benzene ring substituents is 1. The van der Waals surface area contributed by atoms with Gasteiger partial charge in [0, 0.05) is 11.6 Å². The third-order valence-electron chi connectivity index (χ3n) is 3.20. The molecule has 0 saturated carbocycles. The molecule has 0 atom stereocenters. The van der Waals surface area contributed by atoms with Crippen LogP contribution in [0.25, 0.3) is 0 Å². The largest absolute Gasteiger partial charge is 0.397 e. The molecule has 0 radical (unpaired) electrons. The molecule has 0 amide bonds. The van der Waals surface area contributed by atoms with E-state index in [2.05, 4.69) is 5.32 Å². The molecule has 9 heteroatoms. The molecule has 0 heterocycles. The van der Waals surface area contributed by atoms with Gasteiger partial charge in [-0.3, -0.25) is 10.1 Å². The van der Waals surface area contributed by atoms with Crippen LogP contribution in [0.2, 0.25) is 10.0 Å². The molecule has 2 rings (SSSR count). The van der Waals surface area contributed by atoms with Crippen molar-refractivity contribution in [2.24, 2.45) is 0 Å². The average molecular weight is 352 g/mol. The smallest absolute Gasteiger partial charge is 0.295 e. The van der Waals surface area contributed by atoms with Crippen molar-refractivity contribution in [2.75, 3.05) is 16.8 Å². The second kappa shape index (κ2) is 6.20. The number of hydrogen-bond donors (Lipinski definition) is 3. The highest BCUT2D eigenvalue weighted by Crippen LogP contribution is 2.41.